The molecule has 1 aliphatic carbocycles. The Morgan fingerprint density at radius 1 is 1.16 bits per heavy atom. The minimum Gasteiger partial charge on any atom is -0.356 e. The summed E-state index contributed by atoms with van der Waals surface area (Å²) in [5, 5.41) is 11.1. The van der Waals surface area contributed by atoms with Gasteiger partial charge in [0.1, 0.15) is 5.69 Å². The number of fused-ring (bicyclic) bond motifs is 2. The lowest BCUT2D eigenvalue weighted by molar-refractivity contribution is -0.119. The summed E-state index contributed by atoms with van der Waals surface area (Å²) < 4.78 is 0. The van der Waals surface area contributed by atoms with Crippen LogP contribution in [0.3, 0.4) is 0 Å². The van der Waals surface area contributed by atoms with Crippen LogP contribution >= 0.6 is 22.9 Å². The number of halogens is 1. The lowest BCUT2D eigenvalue weighted by Gasteiger charge is -2.37. The number of carbonyl (C=O) groups is 3. The summed E-state index contributed by atoms with van der Waals surface area (Å²) in [7, 11) is 2.07. The van der Waals surface area contributed by atoms with Crippen molar-refractivity contribution in [2.24, 2.45) is 5.92 Å². The Morgan fingerprint density at radius 2 is 1.97 bits per heavy atom. The maximum atomic E-state index is 13.2. The van der Waals surface area contributed by atoms with Crippen molar-refractivity contribution in [3.63, 3.8) is 0 Å². The van der Waals surface area contributed by atoms with E-state index in [0.717, 1.165) is 47.4 Å². The highest BCUT2D eigenvalue weighted by Gasteiger charge is 2.34. The van der Waals surface area contributed by atoms with Crippen LogP contribution in [0.1, 0.15) is 57.0 Å². The van der Waals surface area contributed by atoms with Crippen molar-refractivity contribution in [2.75, 3.05) is 20.1 Å². The zero-order valence-corrected chi connectivity index (χ0v) is 22.5. The monoisotopic (exact) mass is 542 g/mol. The second-order valence-corrected chi connectivity index (χ2v) is 11.6. The summed E-state index contributed by atoms with van der Waals surface area (Å²) in [5.74, 6) is -0.325. The topological polar surface area (TPSA) is 119 Å². The van der Waals surface area contributed by atoms with Crippen LogP contribution in [0, 0.1) is 5.92 Å². The zero-order chi connectivity index (χ0) is 26.1. The van der Waals surface area contributed by atoms with Gasteiger partial charge in [-0.1, -0.05) is 11.6 Å². The van der Waals surface area contributed by atoms with Crippen LogP contribution in [0.5, 0.6) is 0 Å². The summed E-state index contributed by atoms with van der Waals surface area (Å²) >= 11 is 7.55. The molecule has 1 unspecified atom stereocenters. The predicted molar refractivity (Wildman–Crippen MR) is 144 cm³/mol. The van der Waals surface area contributed by atoms with E-state index in [1.807, 2.05) is 12.1 Å². The van der Waals surface area contributed by atoms with Gasteiger partial charge in [-0.25, -0.2) is 4.98 Å². The van der Waals surface area contributed by atoms with Gasteiger partial charge in [-0.05, 0) is 56.5 Å². The summed E-state index contributed by atoms with van der Waals surface area (Å²) in [6.45, 7) is 3.78. The highest BCUT2D eigenvalue weighted by Crippen LogP contribution is 2.28. The average molecular weight is 543 g/mol. The first-order valence-electron chi connectivity index (χ1n) is 12.6. The van der Waals surface area contributed by atoms with Crippen molar-refractivity contribution in [2.45, 2.75) is 51.2 Å². The van der Waals surface area contributed by atoms with E-state index >= 15 is 0 Å². The maximum absolute atomic E-state index is 13.2. The van der Waals surface area contributed by atoms with Crippen LogP contribution in [0.15, 0.2) is 24.3 Å². The number of H-pyrrole nitrogens is 1. The third kappa shape index (κ3) is 5.97. The summed E-state index contributed by atoms with van der Waals surface area (Å²) in [5.41, 5.74) is 2.27. The van der Waals surface area contributed by atoms with Gasteiger partial charge in [0.15, 0.2) is 5.01 Å². The van der Waals surface area contributed by atoms with Crippen molar-refractivity contribution in [1.29, 1.82) is 0 Å². The summed E-state index contributed by atoms with van der Waals surface area (Å²) in [4.78, 5) is 49.0. The van der Waals surface area contributed by atoms with Crippen LogP contribution in [-0.2, 0) is 17.8 Å². The average Bonchev–Trinajstić information content (AvgIpc) is 3.47. The quantitative estimate of drug-likeness (QED) is 0.381. The normalized spacial score (nSPS) is 21.9. The van der Waals surface area contributed by atoms with Crippen molar-refractivity contribution >= 4 is 51.6 Å². The fraction of sp³-hybridized carbons (Fsp3) is 0.462. The van der Waals surface area contributed by atoms with Gasteiger partial charge in [0.25, 0.3) is 11.8 Å². The first-order valence-corrected chi connectivity index (χ1v) is 13.8. The molecule has 0 saturated heterocycles. The number of thiazole rings is 1. The van der Waals surface area contributed by atoms with E-state index < -0.39 is 0 Å². The molecule has 1 aromatic carbocycles. The highest BCUT2D eigenvalue weighted by molar-refractivity contribution is 7.13. The molecule has 2 aromatic heterocycles. The molecule has 3 amide bonds. The number of aromatic nitrogens is 2. The number of nitrogens with one attached hydrogen (secondary N) is 4. The first kappa shape index (κ1) is 25.7. The van der Waals surface area contributed by atoms with E-state index in [0.29, 0.717) is 35.1 Å². The minimum atomic E-state index is -0.292. The molecule has 0 bridgehead atoms. The fourth-order valence-corrected chi connectivity index (χ4v) is 6.46. The lowest BCUT2D eigenvalue weighted by atomic mass is 9.82. The molecule has 0 spiro atoms. The molecule has 3 heterocycles. The Bertz CT molecular complexity index is 1340. The molecule has 3 atom stereocenters. The maximum Gasteiger partial charge on any atom is 0.280 e. The van der Waals surface area contributed by atoms with E-state index in [4.69, 9.17) is 11.6 Å². The van der Waals surface area contributed by atoms with E-state index in [1.165, 1.54) is 18.3 Å². The molecule has 9 nitrogen and oxygen atoms in total. The van der Waals surface area contributed by atoms with E-state index in [2.05, 4.69) is 37.9 Å². The van der Waals surface area contributed by atoms with Gasteiger partial charge in [0, 0.05) is 65.9 Å². The molecule has 2 aliphatic rings. The second kappa shape index (κ2) is 10.8. The van der Waals surface area contributed by atoms with E-state index in [-0.39, 0.29) is 35.7 Å². The Morgan fingerprint density at radius 3 is 2.78 bits per heavy atom. The number of nitrogens with zero attached hydrogens (tertiary/aromatic N) is 2. The number of likely N-dealkylation sites (N-methyl/N-ethyl adjacent to an activating group) is 1. The molecule has 196 valence electrons. The molecule has 3 aromatic rings. The zero-order valence-electron chi connectivity index (χ0n) is 20.9. The first-order chi connectivity index (χ1) is 17.7. The largest absolute Gasteiger partial charge is 0.356 e. The fourth-order valence-electron chi connectivity index (χ4n) is 5.19. The summed E-state index contributed by atoms with van der Waals surface area (Å²) in [6.07, 6.45) is 3.01. The van der Waals surface area contributed by atoms with Gasteiger partial charge in [0.2, 0.25) is 5.91 Å². The molecule has 37 heavy (non-hydrogen) atoms. The van der Waals surface area contributed by atoms with Crippen molar-refractivity contribution < 1.29 is 14.4 Å². The molecule has 1 aliphatic heterocycles. The molecular formula is C26H31ClN6O3S. The smallest absolute Gasteiger partial charge is 0.280 e. The van der Waals surface area contributed by atoms with Gasteiger partial charge in [-0.2, -0.15) is 0 Å². The third-order valence-corrected chi connectivity index (χ3v) is 8.49. The van der Waals surface area contributed by atoms with Gasteiger partial charge < -0.3 is 25.8 Å². The van der Waals surface area contributed by atoms with Crippen molar-refractivity contribution in [3.05, 3.63) is 50.6 Å². The predicted octanol–water partition coefficient (Wildman–Crippen LogP) is 3.10. The second-order valence-electron chi connectivity index (χ2n) is 10.1. The number of rotatable bonds is 6. The van der Waals surface area contributed by atoms with Gasteiger partial charge >= 0.3 is 0 Å². The molecule has 1 saturated carbocycles. The third-order valence-electron chi connectivity index (χ3n) is 7.18. The number of aromatic amines is 1. The SMILES string of the molecule is CC(=O)NCC1CC[C@@H](NC(=O)c2nc3c(s2)CN(C)CC3)[C@@H](NC(=O)c2cc3cc(Cl)ccc3[nH]2)C1. The van der Waals surface area contributed by atoms with Crippen LogP contribution < -0.4 is 16.0 Å². The van der Waals surface area contributed by atoms with Crippen LogP contribution in [-0.4, -0.2) is 64.8 Å². The van der Waals surface area contributed by atoms with E-state index in [9.17, 15) is 14.4 Å². The molecule has 1 fully saturated rings. The number of amides is 3. The Hall–Kier alpha value is -2.95. The molecule has 0 radical (unpaired) electrons. The Kier molecular flexibility index (Phi) is 7.50. The highest BCUT2D eigenvalue weighted by atomic mass is 35.5. The summed E-state index contributed by atoms with van der Waals surface area (Å²) in [6, 6.07) is 6.66. The van der Waals surface area contributed by atoms with Crippen molar-refractivity contribution in [1.82, 2.24) is 30.8 Å². The van der Waals surface area contributed by atoms with Gasteiger partial charge in [0.05, 0.1) is 5.69 Å². The molecule has 11 heteroatoms. The van der Waals surface area contributed by atoms with E-state index in [1.54, 1.807) is 12.1 Å². The van der Waals surface area contributed by atoms with Crippen LogP contribution in [0.2, 0.25) is 5.02 Å². The Balaban J connectivity index is 1.31. The van der Waals surface area contributed by atoms with Crippen molar-refractivity contribution in [3.8, 4) is 0 Å². The van der Waals surface area contributed by atoms with Gasteiger partial charge in [-0.15, -0.1) is 11.3 Å². The van der Waals surface area contributed by atoms with Crippen LogP contribution in [0.4, 0.5) is 0 Å². The Labute approximate surface area is 224 Å². The molecule has 5 rings (SSSR count). The van der Waals surface area contributed by atoms with Crippen LogP contribution in [0.25, 0.3) is 10.9 Å². The molecule has 4 N–H and O–H groups in total. The standard InChI is InChI=1S/C26H31ClN6O3S/c1-14(34)28-12-15-3-5-19(30-25(36)26-32-20-7-8-33(2)13-23(20)37-26)21(9-15)31-24(35)22-11-16-10-17(27)4-6-18(16)29-22/h4,6,10-11,15,19,21,29H,3,5,7-9,12-13H2,1-2H3,(H,28,34)(H,30,36)(H,31,35)/t15?,19-,21+/m1/s1. The number of benzene rings is 1. The van der Waals surface area contributed by atoms with Gasteiger partial charge in [-0.3, -0.25) is 14.4 Å². The number of hydrogen-bond acceptors (Lipinski definition) is 6. The number of carbonyl (C=O) groups excluding carboxylic acids is 3. The minimum absolute atomic E-state index is 0.0777. The number of hydrogen-bond donors (Lipinski definition) is 4. The lowest BCUT2D eigenvalue weighted by Crippen LogP contribution is -2.55. The molecular weight excluding hydrogens is 512 g/mol.